The van der Waals surface area contributed by atoms with Gasteiger partial charge in [0.25, 0.3) is 0 Å². The highest BCUT2D eigenvalue weighted by Gasteiger charge is 2.74. The molecule has 2 heteroatoms. The highest BCUT2D eigenvalue weighted by molar-refractivity contribution is 9.42. The maximum absolute atomic E-state index is 3.96. The monoisotopic (exact) mass is 237 g/mol. The van der Waals surface area contributed by atoms with E-state index in [1.807, 2.05) is 0 Å². The van der Waals surface area contributed by atoms with E-state index in [4.69, 9.17) is 0 Å². The van der Waals surface area contributed by atoms with Gasteiger partial charge < -0.3 is 0 Å². The van der Waals surface area contributed by atoms with Crippen LogP contribution >= 0.6 is 21.5 Å². The fourth-order valence-corrected chi connectivity index (χ4v) is 7.49. The number of rotatable bonds is 0. The Bertz CT molecular complexity index is 164. The summed E-state index contributed by atoms with van der Waals surface area (Å²) < 4.78 is 0. The summed E-state index contributed by atoms with van der Waals surface area (Å²) in [5.41, 5.74) is 0. The minimum absolute atomic E-state index is 0.538. The van der Waals surface area contributed by atoms with Crippen molar-refractivity contribution >= 4 is 21.5 Å². The van der Waals surface area contributed by atoms with Gasteiger partial charge in [0.1, 0.15) is 15.5 Å². The van der Waals surface area contributed by atoms with Crippen LogP contribution in [0, 0.1) is 5.92 Å². The molecule has 0 aromatic carbocycles. The Morgan fingerprint density at radius 2 is 1.36 bits per heavy atom. The van der Waals surface area contributed by atoms with Gasteiger partial charge >= 0.3 is 0 Å². The van der Waals surface area contributed by atoms with E-state index in [0.29, 0.717) is 10.3 Å². The van der Waals surface area contributed by atoms with Crippen molar-refractivity contribution in [3.05, 3.63) is 0 Å². The zero-order chi connectivity index (χ0) is 9.08. The van der Waals surface area contributed by atoms with Crippen LogP contribution in [0.25, 0.3) is 0 Å². The van der Waals surface area contributed by atoms with Crippen molar-refractivity contribution in [1.82, 2.24) is 0 Å². The van der Waals surface area contributed by atoms with Crippen LogP contribution in [-0.4, -0.2) is 17.0 Å². The van der Waals surface area contributed by atoms with Crippen molar-refractivity contribution in [3.63, 3.8) is 0 Å². The third-order valence-electron chi connectivity index (χ3n) is 4.28. The molecular weight excluding hydrogens is 219 g/mol. The smallest absolute Gasteiger partial charge is 0.0544 e. The molecule has 0 atom stereocenters. The first-order valence-electron chi connectivity index (χ1n) is 4.22. The van der Waals surface area contributed by atoms with E-state index in [0.717, 1.165) is 5.92 Å². The van der Waals surface area contributed by atoms with Crippen LogP contribution in [-0.2, 0) is 0 Å². The number of hydrogen-bond donors (Lipinski definition) is 0. The molecule has 1 heterocycles. The molecule has 0 saturated carbocycles. The van der Waals surface area contributed by atoms with Gasteiger partial charge in [-0.3, -0.25) is 0 Å². The molecular formula is C9H19BrP+. The topological polar surface area (TPSA) is 0 Å². The predicted octanol–water partition coefficient (Wildman–Crippen LogP) is 4.15. The van der Waals surface area contributed by atoms with Gasteiger partial charge in [-0.1, -0.05) is 6.92 Å². The summed E-state index contributed by atoms with van der Waals surface area (Å²) in [4.78, 5) is 0. The summed E-state index contributed by atoms with van der Waals surface area (Å²) in [5, 5.41) is 1.08. The SMILES string of the molecule is CC1C(C)(C)[P+](C)(Br)C1(C)C. The zero-order valence-electron chi connectivity index (χ0n) is 8.40. The highest BCUT2D eigenvalue weighted by atomic mass is 79.9. The first-order chi connectivity index (χ1) is 4.65. The standard InChI is InChI=1S/C9H19BrP/c1-7-8(2,3)11(6,10)9(7,4)5/h7H,1-6H3/q+1. The minimum atomic E-state index is -0.866. The van der Waals surface area contributed by atoms with E-state index in [9.17, 15) is 0 Å². The van der Waals surface area contributed by atoms with Crippen molar-refractivity contribution in [3.8, 4) is 0 Å². The quantitative estimate of drug-likeness (QED) is 0.556. The molecule has 0 N–H and O–H groups in total. The maximum Gasteiger partial charge on any atom is 0.139 e. The summed E-state index contributed by atoms with van der Waals surface area (Å²) in [5.74, 6) is -0.0251. The molecule has 0 aliphatic carbocycles. The second-order valence-corrected chi connectivity index (χ2v) is 13.3. The molecule has 1 fully saturated rings. The Morgan fingerprint density at radius 3 is 1.45 bits per heavy atom. The third kappa shape index (κ3) is 0.907. The van der Waals surface area contributed by atoms with Gasteiger partial charge in [-0.15, -0.1) is 0 Å². The molecule has 0 spiro atoms. The Hall–Kier alpha value is 0.910. The van der Waals surface area contributed by atoms with E-state index < -0.39 is 5.96 Å². The molecule has 11 heavy (non-hydrogen) atoms. The zero-order valence-corrected chi connectivity index (χ0v) is 10.9. The normalized spacial score (nSPS) is 46.6. The summed E-state index contributed by atoms with van der Waals surface area (Å²) in [6, 6.07) is 0. The molecule has 0 radical (unpaired) electrons. The second-order valence-electron chi connectivity index (χ2n) is 4.93. The van der Waals surface area contributed by atoms with Crippen molar-refractivity contribution in [2.45, 2.75) is 44.9 Å². The highest BCUT2D eigenvalue weighted by Crippen LogP contribution is 2.92. The van der Waals surface area contributed by atoms with Gasteiger partial charge in [-0.2, -0.15) is 0 Å². The lowest BCUT2D eigenvalue weighted by Crippen LogP contribution is -2.58. The molecule has 0 aromatic rings. The van der Waals surface area contributed by atoms with Crippen LogP contribution in [0.2, 0.25) is 0 Å². The van der Waals surface area contributed by atoms with Crippen LogP contribution in [0.5, 0.6) is 0 Å². The molecule has 0 unspecified atom stereocenters. The van der Waals surface area contributed by atoms with Gasteiger partial charge in [0.05, 0.1) is 22.9 Å². The van der Waals surface area contributed by atoms with Gasteiger partial charge in [-0.05, 0) is 27.7 Å². The van der Waals surface area contributed by atoms with Crippen LogP contribution < -0.4 is 0 Å². The minimum Gasteiger partial charge on any atom is -0.0544 e. The van der Waals surface area contributed by atoms with Gasteiger partial charge in [0.15, 0.2) is 0 Å². The average Bonchev–Trinajstić information content (AvgIpc) is 1.84. The van der Waals surface area contributed by atoms with E-state index in [1.165, 1.54) is 0 Å². The lowest BCUT2D eigenvalue weighted by Gasteiger charge is -2.60. The van der Waals surface area contributed by atoms with E-state index in [2.05, 4.69) is 56.8 Å². The summed E-state index contributed by atoms with van der Waals surface area (Å²) in [6.45, 7) is 14.4. The first-order valence-corrected chi connectivity index (χ1v) is 8.47. The predicted molar refractivity (Wildman–Crippen MR) is 59.1 cm³/mol. The molecule has 1 aliphatic rings. The second kappa shape index (κ2) is 2.23. The molecule has 1 aliphatic heterocycles. The lowest BCUT2D eigenvalue weighted by atomic mass is 9.83. The van der Waals surface area contributed by atoms with E-state index >= 15 is 0 Å². The summed E-state index contributed by atoms with van der Waals surface area (Å²) in [7, 11) is 0. The Balaban J connectivity index is 2.98. The van der Waals surface area contributed by atoms with Crippen molar-refractivity contribution < 1.29 is 0 Å². The van der Waals surface area contributed by atoms with Crippen molar-refractivity contribution in [2.75, 3.05) is 6.66 Å². The van der Waals surface area contributed by atoms with Gasteiger partial charge in [0, 0.05) is 5.92 Å². The molecule has 66 valence electrons. The van der Waals surface area contributed by atoms with E-state index in [1.54, 1.807) is 0 Å². The summed E-state index contributed by atoms with van der Waals surface area (Å²) >= 11 is 3.96. The third-order valence-corrected chi connectivity index (χ3v) is 14.9. The first kappa shape index (κ1) is 9.99. The largest absolute Gasteiger partial charge is 0.139 e. The summed E-state index contributed by atoms with van der Waals surface area (Å²) in [6.07, 6.45) is 0. The molecule has 0 amide bonds. The van der Waals surface area contributed by atoms with Gasteiger partial charge in [0.2, 0.25) is 0 Å². The Labute approximate surface area is 79.2 Å². The van der Waals surface area contributed by atoms with Crippen LogP contribution in [0.15, 0.2) is 0 Å². The molecule has 1 rings (SSSR count). The Kier molecular flexibility index (Phi) is 2.03. The molecule has 1 saturated heterocycles. The van der Waals surface area contributed by atoms with Crippen molar-refractivity contribution in [1.29, 1.82) is 0 Å². The lowest BCUT2D eigenvalue weighted by molar-refractivity contribution is 0.303. The van der Waals surface area contributed by atoms with Gasteiger partial charge in [-0.25, -0.2) is 0 Å². The van der Waals surface area contributed by atoms with Crippen LogP contribution in [0.3, 0.4) is 0 Å². The Morgan fingerprint density at radius 1 is 1.09 bits per heavy atom. The molecule has 0 bridgehead atoms. The number of halogens is 1. The van der Waals surface area contributed by atoms with Crippen LogP contribution in [0.4, 0.5) is 0 Å². The van der Waals surface area contributed by atoms with E-state index in [-0.39, 0.29) is 0 Å². The fourth-order valence-electron chi connectivity index (χ4n) is 2.27. The maximum atomic E-state index is 3.96. The molecule has 0 nitrogen and oxygen atoms in total. The average molecular weight is 238 g/mol. The van der Waals surface area contributed by atoms with Crippen molar-refractivity contribution in [2.24, 2.45) is 5.92 Å². The molecule has 0 aromatic heterocycles. The number of hydrogen-bond acceptors (Lipinski definition) is 0. The fraction of sp³-hybridized carbons (Fsp3) is 1.00. The van der Waals surface area contributed by atoms with Crippen LogP contribution in [0.1, 0.15) is 34.6 Å².